The monoisotopic (exact) mass is 310 g/mol. The van der Waals surface area contributed by atoms with Crippen molar-refractivity contribution < 1.29 is 14.1 Å². The Balaban J connectivity index is 2.24. The van der Waals surface area contributed by atoms with Crippen molar-refractivity contribution >= 4 is 23.0 Å². The van der Waals surface area contributed by atoms with Crippen LogP contribution in [0.1, 0.15) is 5.56 Å². The van der Waals surface area contributed by atoms with E-state index in [2.05, 4.69) is 5.32 Å². The summed E-state index contributed by atoms with van der Waals surface area (Å²) in [5.41, 5.74) is 1.16. The van der Waals surface area contributed by atoms with E-state index in [-0.39, 0.29) is 23.1 Å². The van der Waals surface area contributed by atoms with Crippen LogP contribution in [-0.2, 0) is 6.61 Å². The van der Waals surface area contributed by atoms with E-state index in [1.807, 2.05) is 0 Å². The molecule has 2 aromatic carbocycles. The number of anilines is 1. The minimum absolute atomic E-state index is 0.00365. The van der Waals surface area contributed by atoms with E-state index in [4.69, 9.17) is 16.3 Å². The summed E-state index contributed by atoms with van der Waals surface area (Å²) >= 11 is 5.66. The van der Waals surface area contributed by atoms with E-state index in [1.165, 1.54) is 24.3 Å². The van der Waals surface area contributed by atoms with Crippen molar-refractivity contribution in [3.63, 3.8) is 0 Å². The molecule has 0 aliphatic carbocycles. The van der Waals surface area contributed by atoms with E-state index in [0.717, 1.165) is 0 Å². The highest BCUT2D eigenvalue weighted by molar-refractivity contribution is 6.30. The molecule has 0 unspecified atom stereocenters. The summed E-state index contributed by atoms with van der Waals surface area (Å²) in [6.45, 7) is -0.0187. The van der Waals surface area contributed by atoms with Crippen molar-refractivity contribution in [2.24, 2.45) is 0 Å². The van der Waals surface area contributed by atoms with Crippen molar-refractivity contribution in [2.75, 3.05) is 12.4 Å². The van der Waals surface area contributed by atoms with Gasteiger partial charge in [0.1, 0.15) is 6.61 Å². The Morgan fingerprint density at radius 3 is 2.81 bits per heavy atom. The van der Waals surface area contributed by atoms with Gasteiger partial charge in [-0.3, -0.25) is 10.1 Å². The molecule has 0 heterocycles. The third kappa shape index (κ3) is 3.41. The molecule has 0 aromatic heterocycles. The quantitative estimate of drug-likeness (QED) is 0.669. The van der Waals surface area contributed by atoms with Gasteiger partial charge in [0.15, 0.2) is 11.6 Å². The smallest absolute Gasteiger partial charge is 0.269 e. The molecule has 21 heavy (non-hydrogen) atoms. The van der Waals surface area contributed by atoms with Crippen LogP contribution in [0.15, 0.2) is 36.4 Å². The lowest BCUT2D eigenvalue weighted by Crippen LogP contribution is -2.03. The number of nitrogens with zero attached hydrogens (tertiary/aromatic N) is 1. The number of hydrogen-bond donors (Lipinski definition) is 1. The average molecular weight is 311 g/mol. The van der Waals surface area contributed by atoms with Crippen LogP contribution >= 0.6 is 11.6 Å². The molecular weight excluding hydrogens is 299 g/mol. The number of nitrogens with one attached hydrogen (secondary N) is 1. The summed E-state index contributed by atoms with van der Waals surface area (Å²) < 4.78 is 19.1. The number of non-ortho nitro benzene ring substituents is 1. The van der Waals surface area contributed by atoms with Crippen LogP contribution in [0.25, 0.3) is 0 Å². The number of halogens is 2. The molecule has 0 spiro atoms. The third-order valence-electron chi connectivity index (χ3n) is 2.87. The molecule has 0 aliphatic heterocycles. The van der Waals surface area contributed by atoms with Crippen molar-refractivity contribution in [3.8, 4) is 5.75 Å². The number of nitro groups is 1. The van der Waals surface area contributed by atoms with Crippen LogP contribution in [0.3, 0.4) is 0 Å². The van der Waals surface area contributed by atoms with Crippen molar-refractivity contribution in [1.29, 1.82) is 0 Å². The topological polar surface area (TPSA) is 64.4 Å². The second kappa shape index (κ2) is 6.41. The molecule has 0 amide bonds. The molecule has 7 heteroatoms. The van der Waals surface area contributed by atoms with Gasteiger partial charge in [0, 0.05) is 30.4 Å². The number of nitro benzene ring substituents is 1. The van der Waals surface area contributed by atoms with E-state index < -0.39 is 10.7 Å². The molecule has 0 fully saturated rings. The lowest BCUT2D eigenvalue weighted by atomic mass is 10.1. The standard InChI is InChI=1S/C14H12ClFN2O3/c1-17-12-6-5-10(18(19)20)7-9(12)8-21-13-4-2-3-11(15)14(13)16/h2-7,17H,8H2,1H3. The lowest BCUT2D eigenvalue weighted by molar-refractivity contribution is -0.384. The average Bonchev–Trinajstić information content (AvgIpc) is 2.48. The second-order valence-corrected chi connectivity index (χ2v) is 4.60. The molecule has 1 N–H and O–H groups in total. The number of ether oxygens (including phenoxy) is 1. The van der Waals surface area contributed by atoms with E-state index in [1.54, 1.807) is 19.2 Å². The summed E-state index contributed by atoms with van der Waals surface area (Å²) in [6, 6.07) is 8.76. The molecule has 2 aromatic rings. The maximum absolute atomic E-state index is 13.7. The summed E-state index contributed by atoms with van der Waals surface area (Å²) in [5.74, 6) is -0.660. The minimum Gasteiger partial charge on any atom is -0.486 e. The second-order valence-electron chi connectivity index (χ2n) is 4.19. The van der Waals surface area contributed by atoms with Crippen LogP contribution in [0, 0.1) is 15.9 Å². The lowest BCUT2D eigenvalue weighted by Gasteiger charge is -2.11. The van der Waals surface area contributed by atoms with Crippen LogP contribution in [-0.4, -0.2) is 12.0 Å². The largest absolute Gasteiger partial charge is 0.486 e. The molecule has 0 radical (unpaired) electrons. The number of rotatable bonds is 5. The molecule has 0 aliphatic rings. The van der Waals surface area contributed by atoms with Crippen molar-refractivity contribution in [3.05, 3.63) is 62.9 Å². The van der Waals surface area contributed by atoms with E-state index in [0.29, 0.717) is 11.3 Å². The number of hydrogen-bond acceptors (Lipinski definition) is 4. The van der Waals surface area contributed by atoms with Crippen molar-refractivity contribution in [1.82, 2.24) is 0 Å². The van der Waals surface area contributed by atoms with Crippen LogP contribution < -0.4 is 10.1 Å². The normalized spacial score (nSPS) is 10.2. The fraction of sp³-hybridized carbons (Fsp3) is 0.143. The zero-order valence-electron chi connectivity index (χ0n) is 11.1. The van der Waals surface area contributed by atoms with Crippen molar-refractivity contribution in [2.45, 2.75) is 6.61 Å². The van der Waals surface area contributed by atoms with Gasteiger partial charge in [0.05, 0.1) is 9.95 Å². The molecular formula is C14H12ClFN2O3. The fourth-order valence-corrected chi connectivity index (χ4v) is 1.97. The van der Waals surface area contributed by atoms with Gasteiger partial charge < -0.3 is 10.1 Å². The molecule has 2 rings (SSSR count). The Bertz CT molecular complexity index is 679. The summed E-state index contributed by atoms with van der Waals surface area (Å²) in [6.07, 6.45) is 0. The molecule has 110 valence electrons. The first-order chi connectivity index (χ1) is 10.0. The Morgan fingerprint density at radius 2 is 2.14 bits per heavy atom. The minimum atomic E-state index is -0.657. The van der Waals surface area contributed by atoms with Gasteiger partial charge in [-0.15, -0.1) is 0 Å². The zero-order valence-corrected chi connectivity index (χ0v) is 11.9. The van der Waals surface area contributed by atoms with E-state index >= 15 is 0 Å². The predicted molar refractivity (Wildman–Crippen MR) is 78.4 cm³/mol. The highest BCUT2D eigenvalue weighted by Crippen LogP contribution is 2.27. The molecule has 0 saturated carbocycles. The molecule has 0 bridgehead atoms. The first-order valence-corrected chi connectivity index (χ1v) is 6.42. The summed E-state index contributed by atoms with van der Waals surface area (Å²) in [7, 11) is 1.69. The van der Waals surface area contributed by atoms with Gasteiger partial charge in [-0.1, -0.05) is 17.7 Å². The Hall–Kier alpha value is -2.34. The predicted octanol–water partition coefficient (Wildman–Crippen LogP) is 4.01. The molecule has 5 nitrogen and oxygen atoms in total. The van der Waals surface area contributed by atoms with Crippen LogP contribution in [0.5, 0.6) is 5.75 Å². The first-order valence-electron chi connectivity index (χ1n) is 6.05. The van der Waals surface area contributed by atoms with Gasteiger partial charge in [0.25, 0.3) is 5.69 Å². The van der Waals surface area contributed by atoms with Gasteiger partial charge in [-0.25, -0.2) is 4.39 Å². The number of benzene rings is 2. The highest BCUT2D eigenvalue weighted by atomic mass is 35.5. The van der Waals surface area contributed by atoms with E-state index in [9.17, 15) is 14.5 Å². The van der Waals surface area contributed by atoms with Gasteiger partial charge in [-0.05, 0) is 18.2 Å². The molecule has 0 atom stereocenters. The third-order valence-corrected chi connectivity index (χ3v) is 3.16. The fourth-order valence-electron chi connectivity index (χ4n) is 1.81. The molecule has 0 saturated heterocycles. The maximum Gasteiger partial charge on any atom is 0.269 e. The summed E-state index contributed by atoms with van der Waals surface area (Å²) in [4.78, 5) is 10.3. The Morgan fingerprint density at radius 1 is 1.38 bits per heavy atom. The Labute approximate surface area is 125 Å². The van der Waals surface area contributed by atoms with Crippen LogP contribution in [0.2, 0.25) is 5.02 Å². The summed E-state index contributed by atoms with van der Waals surface area (Å²) in [5, 5.41) is 13.7. The van der Waals surface area contributed by atoms with Gasteiger partial charge >= 0.3 is 0 Å². The van der Waals surface area contributed by atoms with Gasteiger partial charge in [0.2, 0.25) is 0 Å². The first kappa shape index (κ1) is 15.1. The highest BCUT2D eigenvalue weighted by Gasteiger charge is 2.12. The van der Waals surface area contributed by atoms with Gasteiger partial charge in [-0.2, -0.15) is 0 Å². The zero-order chi connectivity index (χ0) is 15.4. The Kier molecular flexibility index (Phi) is 4.59. The van der Waals surface area contributed by atoms with Crippen LogP contribution in [0.4, 0.5) is 15.8 Å². The SMILES string of the molecule is CNc1ccc([N+](=O)[O-])cc1COc1cccc(Cl)c1F. The maximum atomic E-state index is 13.7.